The van der Waals surface area contributed by atoms with Gasteiger partial charge in [-0.1, -0.05) is 42.5 Å². The number of nitrogens with one attached hydrogen (secondary N) is 1. The first-order chi connectivity index (χ1) is 9.42. The van der Waals surface area contributed by atoms with Crippen LogP contribution in [0.4, 0.5) is 5.69 Å². The van der Waals surface area contributed by atoms with E-state index < -0.39 is 0 Å². The van der Waals surface area contributed by atoms with E-state index in [1.165, 1.54) is 5.56 Å². The SMILES string of the molecule is c1ccc(COC[C@H]2CNc3ccccc3O2)cc1. The fourth-order valence-corrected chi connectivity index (χ4v) is 2.14. The molecular formula is C16H17NO2. The molecule has 1 heterocycles. The highest BCUT2D eigenvalue weighted by molar-refractivity contribution is 5.57. The number of anilines is 1. The number of benzene rings is 2. The van der Waals surface area contributed by atoms with Crippen LogP contribution in [0, 0.1) is 0 Å². The number of fused-ring (bicyclic) bond motifs is 1. The number of hydrogen-bond donors (Lipinski definition) is 1. The second-order valence-electron chi connectivity index (χ2n) is 4.62. The molecule has 2 aromatic carbocycles. The Morgan fingerprint density at radius 3 is 2.74 bits per heavy atom. The lowest BCUT2D eigenvalue weighted by atomic mass is 10.2. The van der Waals surface area contributed by atoms with Crippen molar-refractivity contribution >= 4 is 5.69 Å². The Labute approximate surface area is 113 Å². The summed E-state index contributed by atoms with van der Waals surface area (Å²) in [5, 5.41) is 3.36. The number of para-hydroxylation sites is 2. The smallest absolute Gasteiger partial charge is 0.143 e. The number of rotatable bonds is 4. The van der Waals surface area contributed by atoms with Crippen LogP contribution in [0.15, 0.2) is 54.6 Å². The summed E-state index contributed by atoms with van der Waals surface area (Å²) in [6.07, 6.45) is 0.0682. The fraction of sp³-hybridized carbons (Fsp3) is 0.250. The first-order valence-corrected chi connectivity index (χ1v) is 6.53. The largest absolute Gasteiger partial charge is 0.484 e. The van der Waals surface area contributed by atoms with E-state index in [1.54, 1.807) is 0 Å². The van der Waals surface area contributed by atoms with Crippen molar-refractivity contribution in [1.29, 1.82) is 0 Å². The molecule has 3 rings (SSSR count). The van der Waals surface area contributed by atoms with Gasteiger partial charge in [0.05, 0.1) is 25.4 Å². The Balaban J connectivity index is 1.50. The molecule has 19 heavy (non-hydrogen) atoms. The minimum atomic E-state index is 0.0682. The van der Waals surface area contributed by atoms with Gasteiger partial charge in [-0.05, 0) is 17.7 Å². The van der Waals surface area contributed by atoms with Gasteiger partial charge in [0.1, 0.15) is 11.9 Å². The predicted octanol–water partition coefficient (Wildman–Crippen LogP) is 3.08. The lowest BCUT2D eigenvalue weighted by Gasteiger charge is -2.27. The molecule has 1 aliphatic heterocycles. The van der Waals surface area contributed by atoms with Gasteiger partial charge in [0.2, 0.25) is 0 Å². The monoisotopic (exact) mass is 255 g/mol. The van der Waals surface area contributed by atoms with Crippen LogP contribution < -0.4 is 10.1 Å². The maximum absolute atomic E-state index is 5.88. The topological polar surface area (TPSA) is 30.5 Å². The second kappa shape index (κ2) is 5.76. The Morgan fingerprint density at radius 2 is 1.84 bits per heavy atom. The number of ether oxygens (including phenoxy) is 2. The van der Waals surface area contributed by atoms with Gasteiger partial charge in [-0.2, -0.15) is 0 Å². The van der Waals surface area contributed by atoms with Crippen LogP contribution >= 0.6 is 0 Å². The van der Waals surface area contributed by atoms with Crippen LogP contribution in [0.2, 0.25) is 0 Å². The van der Waals surface area contributed by atoms with Gasteiger partial charge in [0, 0.05) is 0 Å². The minimum absolute atomic E-state index is 0.0682. The molecule has 0 saturated carbocycles. The molecule has 3 heteroatoms. The second-order valence-corrected chi connectivity index (χ2v) is 4.62. The molecule has 0 unspecified atom stereocenters. The highest BCUT2D eigenvalue weighted by Gasteiger charge is 2.18. The third-order valence-electron chi connectivity index (χ3n) is 3.12. The van der Waals surface area contributed by atoms with Gasteiger partial charge in [-0.15, -0.1) is 0 Å². The Morgan fingerprint density at radius 1 is 1.05 bits per heavy atom. The molecule has 98 valence electrons. The lowest BCUT2D eigenvalue weighted by Crippen LogP contribution is -2.34. The van der Waals surface area contributed by atoms with Crippen molar-refractivity contribution in [3.8, 4) is 5.75 Å². The number of hydrogen-bond acceptors (Lipinski definition) is 3. The van der Waals surface area contributed by atoms with Gasteiger partial charge >= 0.3 is 0 Å². The molecule has 0 amide bonds. The van der Waals surface area contributed by atoms with E-state index in [0.717, 1.165) is 18.0 Å². The molecule has 2 aromatic rings. The summed E-state index contributed by atoms with van der Waals surface area (Å²) in [4.78, 5) is 0. The quantitative estimate of drug-likeness (QED) is 0.910. The molecule has 0 bridgehead atoms. The zero-order chi connectivity index (χ0) is 12.9. The molecule has 0 fully saturated rings. The van der Waals surface area contributed by atoms with E-state index in [0.29, 0.717) is 13.2 Å². The van der Waals surface area contributed by atoms with Crippen molar-refractivity contribution in [2.75, 3.05) is 18.5 Å². The first-order valence-electron chi connectivity index (χ1n) is 6.53. The van der Waals surface area contributed by atoms with Crippen LogP contribution in [-0.4, -0.2) is 19.3 Å². The normalized spacial score (nSPS) is 17.2. The standard InChI is InChI=1S/C16H17NO2/c1-2-6-13(7-3-1)11-18-12-14-10-17-15-8-4-5-9-16(15)19-14/h1-9,14,17H,10-12H2/t14-/m1/s1. The van der Waals surface area contributed by atoms with Crippen molar-refractivity contribution in [2.24, 2.45) is 0 Å². The average molecular weight is 255 g/mol. The van der Waals surface area contributed by atoms with Crippen molar-refractivity contribution in [3.63, 3.8) is 0 Å². The fourth-order valence-electron chi connectivity index (χ4n) is 2.14. The molecular weight excluding hydrogens is 238 g/mol. The van der Waals surface area contributed by atoms with Crippen molar-refractivity contribution in [3.05, 3.63) is 60.2 Å². The highest BCUT2D eigenvalue weighted by Crippen LogP contribution is 2.28. The van der Waals surface area contributed by atoms with Gasteiger partial charge in [-0.3, -0.25) is 0 Å². The molecule has 0 spiro atoms. The van der Waals surface area contributed by atoms with Gasteiger partial charge in [0.25, 0.3) is 0 Å². The first kappa shape index (κ1) is 12.1. The Hall–Kier alpha value is -2.00. The third-order valence-corrected chi connectivity index (χ3v) is 3.12. The van der Waals surface area contributed by atoms with E-state index in [1.807, 2.05) is 42.5 Å². The molecule has 0 saturated heterocycles. The van der Waals surface area contributed by atoms with Crippen LogP contribution in [0.5, 0.6) is 5.75 Å². The third kappa shape index (κ3) is 3.06. The van der Waals surface area contributed by atoms with Gasteiger partial charge in [-0.25, -0.2) is 0 Å². The molecule has 0 aliphatic carbocycles. The summed E-state index contributed by atoms with van der Waals surface area (Å²) in [5.41, 5.74) is 2.24. The molecule has 0 radical (unpaired) electrons. The zero-order valence-electron chi connectivity index (χ0n) is 10.7. The van der Waals surface area contributed by atoms with Gasteiger partial charge in [0.15, 0.2) is 0 Å². The lowest BCUT2D eigenvalue weighted by molar-refractivity contribution is 0.0442. The van der Waals surface area contributed by atoms with Crippen molar-refractivity contribution < 1.29 is 9.47 Å². The summed E-state index contributed by atoms with van der Waals surface area (Å²) in [6.45, 7) is 2.00. The Bertz CT molecular complexity index is 527. The van der Waals surface area contributed by atoms with E-state index in [9.17, 15) is 0 Å². The minimum Gasteiger partial charge on any atom is -0.484 e. The van der Waals surface area contributed by atoms with E-state index in [4.69, 9.17) is 9.47 Å². The summed E-state index contributed by atoms with van der Waals surface area (Å²) < 4.78 is 11.6. The maximum Gasteiger partial charge on any atom is 0.143 e. The molecule has 1 aliphatic rings. The van der Waals surface area contributed by atoms with Crippen LogP contribution in [-0.2, 0) is 11.3 Å². The summed E-state index contributed by atoms with van der Waals surface area (Å²) in [6, 6.07) is 18.2. The van der Waals surface area contributed by atoms with E-state index >= 15 is 0 Å². The molecule has 0 aromatic heterocycles. The summed E-state index contributed by atoms with van der Waals surface area (Å²) in [5.74, 6) is 0.905. The maximum atomic E-state index is 5.88. The Kier molecular flexibility index (Phi) is 3.65. The van der Waals surface area contributed by atoms with Crippen molar-refractivity contribution in [2.45, 2.75) is 12.7 Å². The molecule has 1 N–H and O–H groups in total. The van der Waals surface area contributed by atoms with Crippen LogP contribution in [0.3, 0.4) is 0 Å². The van der Waals surface area contributed by atoms with Crippen molar-refractivity contribution in [1.82, 2.24) is 0 Å². The highest BCUT2D eigenvalue weighted by atomic mass is 16.5. The van der Waals surface area contributed by atoms with E-state index in [-0.39, 0.29) is 6.10 Å². The zero-order valence-corrected chi connectivity index (χ0v) is 10.7. The predicted molar refractivity (Wildman–Crippen MR) is 75.4 cm³/mol. The molecule has 1 atom stereocenters. The molecule has 3 nitrogen and oxygen atoms in total. The van der Waals surface area contributed by atoms with Crippen LogP contribution in [0.1, 0.15) is 5.56 Å². The summed E-state index contributed by atoms with van der Waals surface area (Å²) in [7, 11) is 0. The summed E-state index contributed by atoms with van der Waals surface area (Å²) >= 11 is 0. The van der Waals surface area contributed by atoms with E-state index in [2.05, 4.69) is 17.4 Å². The van der Waals surface area contributed by atoms with Crippen LogP contribution in [0.25, 0.3) is 0 Å². The average Bonchev–Trinajstić information content (AvgIpc) is 2.48. The van der Waals surface area contributed by atoms with Gasteiger partial charge < -0.3 is 14.8 Å².